The van der Waals surface area contributed by atoms with E-state index in [-0.39, 0.29) is 0 Å². The average molecular weight is 219 g/mol. The fourth-order valence-corrected chi connectivity index (χ4v) is 2.42. The lowest BCUT2D eigenvalue weighted by molar-refractivity contribution is 0.0341. The molecule has 0 spiro atoms. The summed E-state index contributed by atoms with van der Waals surface area (Å²) in [6, 6.07) is 8.87. The van der Waals surface area contributed by atoms with Crippen molar-refractivity contribution in [3.8, 4) is 0 Å². The number of methoxy groups -OCH3 is 1. The lowest BCUT2D eigenvalue weighted by Crippen LogP contribution is -2.42. The molecule has 88 valence electrons. The predicted octanol–water partition coefficient (Wildman–Crippen LogP) is 2.16. The second-order valence-electron chi connectivity index (χ2n) is 4.72. The molecule has 1 N–H and O–H groups in total. The van der Waals surface area contributed by atoms with Crippen LogP contribution in [0.4, 0.5) is 0 Å². The molecule has 0 aliphatic carbocycles. The van der Waals surface area contributed by atoms with E-state index in [1.807, 2.05) is 7.11 Å². The Morgan fingerprint density at radius 2 is 2.06 bits per heavy atom. The zero-order valence-electron chi connectivity index (χ0n) is 10.2. The molecule has 0 radical (unpaired) electrons. The Balaban J connectivity index is 1.99. The first kappa shape index (κ1) is 11.6. The molecule has 1 fully saturated rings. The van der Waals surface area contributed by atoms with Crippen molar-refractivity contribution >= 4 is 0 Å². The molecule has 1 aliphatic rings. The van der Waals surface area contributed by atoms with E-state index < -0.39 is 0 Å². The minimum absolute atomic E-state index is 0.370. The summed E-state index contributed by atoms with van der Waals surface area (Å²) in [7, 11) is 1.82. The van der Waals surface area contributed by atoms with Crippen molar-refractivity contribution in [3.63, 3.8) is 0 Å². The molecule has 1 saturated heterocycles. The fourth-order valence-electron chi connectivity index (χ4n) is 2.42. The van der Waals surface area contributed by atoms with Crippen LogP contribution in [0.1, 0.15) is 17.5 Å². The Morgan fingerprint density at radius 1 is 1.31 bits per heavy atom. The molecule has 1 aromatic rings. The van der Waals surface area contributed by atoms with Gasteiger partial charge in [-0.2, -0.15) is 0 Å². The lowest BCUT2D eigenvalue weighted by atomic mass is 9.88. The third-order valence-electron chi connectivity index (χ3n) is 3.48. The molecule has 0 saturated carbocycles. The second kappa shape index (κ2) is 5.46. The van der Waals surface area contributed by atoms with E-state index in [1.54, 1.807) is 0 Å². The Labute approximate surface area is 98.0 Å². The molecule has 2 heteroatoms. The van der Waals surface area contributed by atoms with Gasteiger partial charge in [0.1, 0.15) is 0 Å². The number of rotatable bonds is 3. The number of aryl methyl sites for hydroxylation is 1. The van der Waals surface area contributed by atoms with Gasteiger partial charge in [0, 0.05) is 13.7 Å². The summed E-state index contributed by atoms with van der Waals surface area (Å²) in [5, 5.41) is 3.39. The molecule has 0 bridgehead atoms. The zero-order valence-corrected chi connectivity index (χ0v) is 10.2. The van der Waals surface area contributed by atoms with E-state index in [1.165, 1.54) is 17.5 Å². The van der Waals surface area contributed by atoms with Crippen molar-refractivity contribution in [3.05, 3.63) is 35.4 Å². The van der Waals surface area contributed by atoms with Crippen molar-refractivity contribution in [2.45, 2.75) is 25.9 Å². The first-order valence-corrected chi connectivity index (χ1v) is 6.08. The number of hydrogen-bond donors (Lipinski definition) is 1. The summed E-state index contributed by atoms with van der Waals surface area (Å²) in [5.74, 6) is 0.661. The van der Waals surface area contributed by atoms with Gasteiger partial charge in [-0.25, -0.2) is 0 Å². The van der Waals surface area contributed by atoms with Crippen LogP contribution < -0.4 is 5.32 Å². The number of nitrogens with one attached hydrogen (secondary N) is 1. The van der Waals surface area contributed by atoms with Crippen molar-refractivity contribution < 1.29 is 4.74 Å². The van der Waals surface area contributed by atoms with Gasteiger partial charge in [-0.15, -0.1) is 0 Å². The number of hydrogen-bond acceptors (Lipinski definition) is 2. The number of ether oxygens (including phenoxy) is 1. The van der Waals surface area contributed by atoms with E-state index in [9.17, 15) is 0 Å². The highest BCUT2D eigenvalue weighted by Gasteiger charge is 2.24. The van der Waals surface area contributed by atoms with E-state index in [0.717, 1.165) is 19.5 Å². The smallest absolute Gasteiger partial charge is 0.0727 e. The van der Waals surface area contributed by atoms with Crippen LogP contribution in [-0.4, -0.2) is 26.3 Å². The molecular weight excluding hydrogens is 198 g/mol. The summed E-state index contributed by atoms with van der Waals surface area (Å²) in [5.41, 5.74) is 2.76. The minimum atomic E-state index is 0.370. The summed E-state index contributed by atoms with van der Waals surface area (Å²) < 4.78 is 5.54. The van der Waals surface area contributed by atoms with Crippen molar-refractivity contribution in [1.82, 2.24) is 5.32 Å². The normalized spacial score (nSPS) is 25.6. The third-order valence-corrected chi connectivity index (χ3v) is 3.48. The SMILES string of the molecule is COC1CNCCC1Cc1ccc(C)cc1. The molecule has 0 amide bonds. The molecule has 1 heterocycles. The van der Waals surface area contributed by atoms with Crippen LogP contribution >= 0.6 is 0 Å². The van der Waals surface area contributed by atoms with Crippen LogP contribution in [-0.2, 0) is 11.2 Å². The monoisotopic (exact) mass is 219 g/mol. The standard InChI is InChI=1S/C14H21NO/c1-11-3-5-12(6-4-11)9-13-7-8-15-10-14(13)16-2/h3-6,13-15H,7-10H2,1-2H3. The van der Waals surface area contributed by atoms with Gasteiger partial charge in [-0.3, -0.25) is 0 Å². The molecule has 0 aromatic heterocycles. The molecule has 2 nitrogen and oxygen atoms in total. The molecule has 1 aromatic carbocycles. The first-order valence-electron chi connectivity index (χ1n) is 6.08. The highest BCUT2D eigenvalue weighted by Crippen LogP contribution is 2.20. The van der Waals surface area contributed by atoms with Gasteiger partial charge in [0.15, 0.2) is 0 Å². The van der Waals surface area contributed by atoms with E-state index in [4.69, 9.17) is 4.74 Å². The second-order valence-corrected chi connectivity index (χ2v) is 4.72. The van der Waals surface area contributed by atoms with Gasteiger partial charge >= 0.3 is 0 Å². The fraction of sp³-hybridized carbons (Fsp3) is 0.571. The number of piperidine rings is 1. The third kappa shape index (κ3) is 2.83. The summed E-state index contributed by atoms with van der Waals surface area (Å²) in [6.07, 6.45) is 2.72. The largest absolute Gasteiger partial charge is 0.380 e. The van der Waals surface area contributed by atoms with Gasteiger partial charge in [-0.05, 0) is 37.8 Å². The maximum atomic E-state index is 5.54. The summed E-state index contributed by atoms with van der Waals surface area (Å²) >= 11 is 0. The van der Waals surface area contributed by atoms with Gasteiger partial charge in [0.05, 0.1) is 6.10 Å². The van der Waals surface area contributed by atoms with E-state index in [2.05, 4.69) is 36.5 Å². The molecule has 2 rings (SSSR count). The molecule has 2 atom stereocenters. The van der Waals surface area contributed by atoms with Crippen molar-refractivity contribution in [2.75, 3.05) is 20.2 Å². The van der Waals surface area contributed by atoms with Crippen LogP contribution in [0.5, 0.6) is 0 Å². The molecule has 2 unspecified atom stereocenters. The van der Waals surface area contributed by atoms with Gasteiger partial charge < -0.3 is 10.1 Å². The van der Waals surface area contributed by atoms with Gasteiger partial charge in [0.2, 0.25) is 0 Å². The predicted molar refractivity (Wildman–Crippen MR) is 66.7 cm³/mol. The van der Waals surface area contributed by atoms with Crippen LogP contribution in [0.25, 0.3) is 0 Å². The maximum absolute atomic E-state index is 5.54. The Kier molecular flexibility index (Phi) is 3.97. The first-order chi connectivity index (χ1) is 7.79. The highest BCUT2D eigenvalue weighted by molar-refractivity contribution is 5.21. The zero-order chi connectivity index (χ0) is 11.4. The molecule has 16 heavy (non-hydrogen) atoms. The Hall–Kier alpha value is -0.860. The van der Waals surface area contributed by atoms with E-state index >= 15 is 0 Å². The highest BCUT2D eigenvalue weighted by atomic mass is 16.5. The summed E-state index contributed by atoms with van der Waals surface area (Å²) in [4.78, 5) is 0. The number of benzene rings is 1. The lowest BCUT2D eigenvalue weighted by Gasteiger charge is -2.31. The maximum Gasteiger partial charge on any atom is 0.0727 e. The Bertz CT molecular complexity index is 320. The molecule has 1 aliphatic heterocycles. The van der Waals surface area contributed by atoms with Crippen LogP contribution in [0.3, 0.4) is 0 Å². The molecular formula is C14H21NO. The van der Waals surface area contributed by atoms with Crippen LogP contribution in [0, 0.1) is 12.8 Å². The van der Waals surface area contributed by atoms with E-state index in [0.29, 0.717) is 12.0 Å². The van der Waals surface area contributed by atoms with Crippen molar-refractivity contribution in [1.29, 1.82) is 0 Å². The topological polar surface area (TPSA) is 21.3 Å². The van der Waals surface area contributed by atoms with Gasteiger partial charge in [0.25, 0.3) is 0 Å². The summed E-state index contributed by atoms with van der Waals surface area (Å²) in [6.45, 7) is 4.25. The average Bonchev–Trinajstić information content (AvgIpc) is 2.33. The quantitative estimate of drug-likeness (QED) is 0.841. The van der Waals surface area contributed by atoms with Gasteiger partial charge in [-0.1, -0.05) is 29.8 Å². The Morgan fingerprint density at radius 3 is 2.75 bits per heavy atom. The van der Waals surface area contributed by atoms with Crippen LogP contribution in [0.2, 0.25) is 0 Å². The van der Waals surface area contributed by atoms with Crippen LogP contribution in [0.15, 0.2) is 24.3 Å². The van der Waals surface area contributed by atoms with Crippen molar-refractivity contribution in [2.24, 2.45) is 5.92 Å². The minimum Gasteiger partial charge on any atom is -0.380 e.